The zero-order chi connectivity index (χ0) is 9.84. The van der Waals surface area contributed by atoms with E-state index in [0.29, 0.717) is 0 Å². The van der Waals surface area contributed by atoms with Gasteiger partial charge in [0.1, 0.15) is 0 Å². The lowest BCUT2D eigenvalue weighted by Gasteiger charge is -2.17. The summed E-state index contributed by atoms with van der Waals surface area (Å²) in [5.74, 6) is 0.119. The second-order valence-electron chi connectivity index (χ2n) is 3.73. The van der Waals surface area contributed by atoms with Gasteiger partial charge in [0.2, 0.25) is 5.91 Å². The van der Waals surface area contributed by atoms with Crippen LogP contribution in [0.15, 0.2) is 0 Å². The number of amides is 1. The van der Waals surface area contributed by atoms with Crippen LogP contribution in [-0.2, 0) is 4.79 Å². The van der Waals surface area contributed by atoms with Gasteiger partial charge < -0.3 is 15.7 Å². The van der Waals surface area contributed by atoms with Gasteiger partial charge in [-0.2, -0.15) is 0 Å². The molecule has 2 unspecified atom stereocenters. The van der Waals surface area contributed by atoms with E-state index in [2.05, 4.69) is 10.6 Å². The summed E-state index contributed by atoms with van der Waals surface area (Å²) in [6, 6.07) is 0.117. The van der Waals surface area contributed by atoms with Gasteiger partial charge in [0.25, 0.3) is 0 Å². The quantitative estimate of drug-likeness (QED) is 0.556. The van der Waals surface area contributed by atoms with Crippen molar-refractivity contribution in [2.45, 2.75) is 32.4 Å². The Labute approximate surface area is 78.7 Å². The Bertz CT molecular complexity index is 184. The summed E-state index contributed by atoms with van der Waals surface area (Å²) in [6.45, 7) is 4.72. The van der Waals surface area contributed by atoms with Crippen molar-refractivity contribution in [3.63, 3.8) is 0 Å². The summed E-state index contributed by atoms with van der Waals surface area (Å²) in [5, 5.41) is 14.8. The maximum Gasteiger partial charge on any atom is 0.225 e. The summed E-state index contributed by atoms with van der Waals surface area (Å²) in [6.07, 6.45) is 0.894. The van der Waals surface area contributed by atoms with E-state index < -0.39 is 0 Å². The first kappa shape index (κ1) is 10.5. The number of aliphatic hydroxyl groups is 1. The van der Waals surface area contributed by atoms with E-state index in [-0.39, 0.29) is 30.5 Å². The fourth-order valence-electron chi connectivity index (χ4n) is 1.61. The zero-order valence-electron chi connectivity index (χ0n) is 8.21. The lowest BCUT2D eigenvalue weighted by Crippen LogP contribution is -2.42. The van der Waals surface area contributed by atoms with Crippen molar-refractivity contribution in [3.8, 4) is 0 Å². The Kier molecular flexibility index (Phi) is 3.69. The van der Waals surface area contributed by atoms with Crippen molar-refractivity contribution >= 4 is 5.91 Å². The first-order chi connectivity index (χ1) is 6.15. The molecule has 1 heterocycles. The molecule has 0 saturated carbocycles. The molecule has 13 heavy (non-hydrogen) atoms. The van der Waals surface area contributed by atoms with Crippen molar-refractivity contribution in [1.29, 1.82) is 0 Å². The van der Waals surface area contributed by atoms with Gasteiger partial charge in [-0.05, 0) is 26.8 Å². The summed E-state index contributed by atoms with van der Waals surface area (Å²) in [7, 11) is 0. The molecule has 0 bridgehead atoms. The molecule has 0 aromatic heterocycles. The highest BCUT2D eigenvalue weighted by Crippen LogP contribution is 2.14. The highest BCUT2D eigenvalue weighted by atomic mass is 16.3. The lowest BCUT2D eigenvalue weighted by atomic mass is 10.0. The normalized spacial score (nSPS) is 30.1. The Morgan fingerprint density at radius 2 is 2.46 bits per heavy atom. The number of carbonyl (C=O) groups excluding carboxylic acids is 1. The van der Waals surface area contributed by atoms with Gasteiger partial charge in [-0.15, -0.1) is 0 Å². The number of hydrogen-bond acceptors (Lipinski definition) is 3. The number of nitrogens with one attached hydrogen (secondary N) is 2. The molecule has 0 spiro atoms. The number of hydrogen-bond donors (Lipinski definition) is 3. The number of aliphatic hydroxyl groups excluding tert-OH is 1. The largest absolute Gasteiger partial charge is 0.394 e. The minimum atomic E-state index is -0.139. The maximum absolute atomic E-state index is 11.6. The summed E-state index contributed by atoms with van der Waals surface area (Å²) >= 11 is 0. The summed E-state index contributed by atoms with van der Waals surface area (Å²) < 4.78 is 0. The van der Waals surface area contributed by atoms with Gasteiger partial charge in [-0.1, -0.05) is 0 Å². The molecule has 3 atom stereocenters. The Balaban J connectivity index is 2.38. The van der Waals surface area contributed by atoms with Crippen LogP contribution in [0, 0.1) is 5.92 Å². The van der Waals surface area contributed by atoms with Gasteiger partial charge >= 0.3 is 0 Å². The molecular weight excluding hydrogens is 168 g/mol. The Morgan fingerprint density at radius 3 is 2.92 bits per heavy atom. The standard InChI is InChI=1S/C9H18N2O2/c1-6(5-12)11-9(13)8-3-4-10-7(8)2/h6-8,10,12H,3-5H2,1-2H3,(H,11,13)/t6-,7?,8?/m0/s1. The monoisotopic (exact) mass is 186 g/mol. The molecule has 1 amide bonds. The van der Waals surface area contributed by atoms with Gasteiger partial charge in [0.15, 0.2) is 0 Å². The van der Waals surface area contributed by atoms with Gasteiger partial charge in [-0.25, -0.2) is 0 Å². The van der Waals surface area contributed by atoms with E-state index in [1.807, 2.05) is 6.92 Å². The minimum absolute atomic E-state index is 0.000267. The van der Waals surface area contributed by atoms with Gasteiger partial charge in [0, 0.05) is 12.1 Å². The van der Waals surface area contributed by atoms with Crippen LogP contribution < -0.4 is 10.6 Å². The maximum atomic E-state index is 11.6. The first-order valence-corrected chi connectivity index (χ1v) is 4.79. The van der Waals surface area contributed by atoms with Gasteiger partial charge in [-0.3, -0.25) is 4.79 Å². The van der Waals surface area contributed by atoms with Crippen LogP contribution in [0.3, 0.4) is 0 Å². The van der Waals surface area contributed by atoms with E-state index in [9.17, 15) is 4.79 Å². The lowest BCUT2D eigenvalue weighted by molar-refractivity contribution is -0.126. The number of carbonyl (C=O) groups is 1. The van der Waals surface area contributed by atoms with E-state index >= 15 is 0 Å². The van der Waals surface area contributed by atoms with Crippen LogP contribution in [0.5, 0.6) is 0 Å². The van der Waals surface area contributed by atoms with Crippen LogP contribution in [0.25, 0.3) is 0 Å². The molecule has 1 rings (SSSR count). The molecule has 4 nitrogen and oxygen atoms in total. The average Bonchev–Trinajstić information content (AvgIpc) is 2.51. The fraction of sp³-hybridized carbons (Fsp3) is 0.889. The van der Waals surface area contributed by atoms with Crippen LogP contribution >= 0.6 is 0 Å². The van der Waals surface area contributed by atoms with Crippen molar-refractivity contribution in [2.24, 2.45) is 5.92 Å². The van der Waals surface area contributed by atoms with E-state index in [0.717, 1.165) is 13.0 Å². The van der Waals surface area contributed by atoms with E-state index in [1.165, 1.54) is 0 Å². The molecule has 1 saturated heterocycles. The van der Waals surface area contributed by atoms with Crippen LogP contribution in [0.2, 0.25) is 0 Å². The smallest absolute Gasteiger partial charge is 0.225 e. The molecule has 1 fully saturated rings. The zero-order valence-corrected chi connectivity index (χ0v) is 8.21. The molecule has 1 aliphatic heterocycles. The minimum Gasteiger partial charge on any atom is -0.394 e. The molecular formula is C9H18N2O2. The van der Waals surface area contributed by atoms with Crippen molar-refractivity contribution < 1.29 is 9.90 Å². The third-order valence-corrected chi connectivity index (χ3v) is 2.52. The molecule has 0 radical (unpaired) electrons. The van der Waals surface area contributed by atoms with Crippen molar-refractivity contribution in [2.75, 3.05) is 13.2 Å². The third kappa shape index (κ3) is 2.67. The van der Waals surface area contributed by atoms with Crippen molar-refractivity contribution in [3.05, 3.63) is 0 Å². The Hall–Kier alpha value is -0.610. The highest BCUT2D eigenvalue weighted by molar-refractivity contribution is 5.80. The van der Waals surface area contributed by atoms with Crippen LogP contribution in [-0.4, -0.2) is 36.2 Å². The third-order valence-electron chi connectivity index (χ3n) is 2.52. The predicted octanol–water partition coefficient (Wildman–Crippen LogP) is -0.519. The number of rotatable bonds is 3. The average molecular weight is 186 g/mol. The Morgan fingerprint density at radius 1 is 1.77 bits per heavy atom. The van der Waals surface area contributed by atoms with Gasteiger partial charge in [0.05, 0.1) is 12.5 Å². The fourth-order valence-corrected chi connectivity index (χ4v) is 1.61. The highest BCUT2D eigenvalue weighted by Gasteiger charge is 2.29. The molecule has 0 aliphatic carbocycles. The molecule has 76 valence electrons. The molecule has 3 N–H and O–H groups in total. The molecule has 1 aliphatic rings. The predicted molar refractivity (Wildman–Crippen MR) is 50.3 cm³/mol. The second-order valence-corrected chi connectivity index (χ2v) is 3.73. The van der Waals surface area contributed by atoms with Crippen LogP contribution in [0.1, 0.15) is 20.3 Å². The topological polar surface area (TPSA) is 61.4 Å². The second kappa shape index (κ2) is 4.58. The van der Waals surface area contributed by atoms with E-state index in [4.69, 9.17) is 5.11 Å². The van der Waals surface area contributed by atoms with E-state index in [1.54, 1.807) is 6.92 Å². The molecule has 0 aromatic rings. The summed E-state index contributed by atoms with van der Waals surface area (Å²) in [4.78, 5) is 11.6. The molecule has 4 heteroatoms. The SMILES string of the molecule is CC1NCCC1C(=O)N[C@@H](C)CO. The van der Waals surface area contributed by atoms with Crippen molar-refractivity contribution in [1.82, 2.24) is 10.6 Å². The first-order valence-electron chi connectivity index (χ1n) is 4.79. The molecule has 0 aromatic carbocycles. The van der Waals surface area contributed by atoms with Crippen LogP contribution in [0.4, 0.5) is 0 Å². The summed E-state index contributed by atoms with van der Waals surface area (Å²) in [5.41, 5.74) is 0.